The van der Waals surface area contributed by atoms with Crippen LogP contribution in [-0.2, 0) is 0 Å². The molecule has 0 aliphatic carbocycles. The van der Waals surface area contributed by atoms with Crippen LogP contribution in [0.2, 0.25) is 0 Å². The van der Waals surface area contributed by atoms with Crippen molar-refractivity contribution in [2.45, 2.75) is 26.3 Å². The fraction of sp³-hybridized carbons (Fsp3) is 0.333. The molecule has 3 heteroatoms. The molecule has 0 aliphatic heterocycles. The maximum absolute atomic E-state index is 11.6. The highest BCUT2D eigenvalue weighted by Crippen LogP contribution is 2.07. The normalized spacial score (nSPS) is 12.3. The first-order valence-corrected chi connectivity index (χ1v) is 4.75. The van der Waals surface area contributed by atoms with Crippen LogP contribution in [0.25, 0.3) is 0 Å². The minimum atomic E-state index is -0.437. The highest BCUT2D eigenvalue weighted by molar-refractivity contribution is 5.75. The minimum Gasteiger partial charge on any atom is -0.623 e. The minimum absolute atomic E-state index is 0.437. The van der Waals surface area contributed by atoms with Gasteiger partial charge in [-0.25, -0.2) is 4.74 Å². The van der Waals surface area contributed by atoms with Gasteiger partial charge in [-0.15, -0.1) is 0 Å². The second kappa shape index (κ2) is 4.14. The molecule has 0 amide bonds. The Labute approximate surface area is 89.9 Å². The van der Waals surface area contributed by atoms with Gasteiger partial charge in [-0.05, 0) is 24.3 Å². The Morgan fingerprint density at radius 1 is 1.27 bits per heavy atom. The summed E-state index contributed by atoms with van der Waals surface area (Å²) in [4.78, 5) is 0. The maximum atomic E-state index is 11.6. The fourth-order valence-corrected chi connectivity index (χ4v) is 0.973. The molecule has 3 nitrogen and oxygen atoms in total. The van der Waals surface area contributed by atoms with Crippen LogP contribution in [0.3, 0.4) is 0 Å². The molecule has 1 aromatic rings. The van der Waals surface area contributed by atoms with E-state index >= 15 is 0 Å². The Balaban J connectivity index is 2.96. The van der Waals surface area contributed by atoms with Gasteiger partial charge in [0.15, 0.2) is 11.8 Å². The third-order valence-corrected chi connectivity index (χ3v) is 1.97. The molecular formula is C12H14N2O. The Hall–Kier alpha value is -1.82. The second-order valence-corrected chi connectivity index (χ2v) is 4.36. The van der Waals surface area contributed by atoms with Crippen molar-refractivity contribution in [3.05, 3.63) is 40.6 Å². The third kappa shape index (κ3) is 3.10. The van der Waals surface area contributed by atoms with E-state index in [1.165, 1.54) is 6.21 Å². The van der Waals surface area contributed by atoms with Gasteiger partial charge in [-0.2, -0.15) is 5.26 Å². The summed E-state index contributed by atoms with van der Waals surface area (Å²) < 4.78 is 0.911. The Morgan fingerprint density at radius 3 is 2.20 bits per heavy atom. The van der Waals surface area contributed by atoms with E-state index in [9.17, 15) is 5.21 Å². The number of hydrogen-bond acceptors (Lipinski definition) is 2. The lowest BCUT2D eigenvalue weighted by molar-refractivity contribution is -0.530. The number of hydrogen-bond donors (Lipinski definition) is 0. The van der Waals surface area contributed by atoms with Crippen molar-refractivity contribution in [1.82, 2.24) is 0 Å². The molecule has 0 unspecified atom stereocenters. The lowest BCUT2D eigenvalue weighted by atomic mass is 10.1. The van der Waals surface area contributed by atoms with Gasteiger partial charge in [0.2, 0.25) is 0 Å². The lowest BCUT2D eigenvalue weighted by Gasteiger charge is -2.18. The zero-order valence-corrected chi connectivity index (χ0v) is 9.19. The largest absolute Gasteiger partial charge is 0.623 e. The predicted molar refractivity (Wildman–Crippen MR) is 59.7 cm³/mol. The van der Waals surface area contributed by atoms with Gasteiger partial charge in [-0.3, -0.25) is 0 Å². The topological polar surface area (TPSA) is 49.9 Å². The molecule has 0 heterocycles. The quantitative estimate of drug-likeness (QED) is 0.303. The second-order valence-electron chi connectivity index (χ2n) is 4.36. The molecule has 1 aromatic carbocycles. The molecule has 15 heavy (non-hydrogen) atoms. The van der Waals surface area contributed by atoms with Gasteiger partial charge in [-0.1, -0.05) is 0 Å². The average Bonchev–Trinajstić information content (AvgIpc) is 2.17. The molecule has 0 radical (unpaired) electrons. The number of hydroxylamine groups is 1. The highest BCUT2D eigenvalue weighted by atomic mass is 16.5. The van der Waals surface area contributed by atoms with Crippen LogP contribution in [0, 0.1) is 16.5 Å². The van der Waals surface area contributed by atoms with E-state index in [1.807, 2.05) is 26.8 Å². The smallest absolute Gasteiger partial charge is 0.182 e. The summed E-state index contributed by atoms with van der Waals surface area (Å²) in [5, 5.41) is 20.2. The van der Waals surface area contributed by atoms with Crippen molar-refractivity contribution >= 4 is 6.21 Å². The van der Waals surface area contributed by atoms with Crippen LogP contribution in [0.5, 0.6) is 0 Å². The summed E-state index contributed by atoms with van der Waals surface area (Å²) in [7, 11) is 0. The third-order valence-electron chi connectivity index (χ3n) is 1.97. The standard InChI is InChI=1S/C12H14N2O/c1-12(2,3)14(15)9-11-6-4-10(8-13)5-7-11/h4-7,9H,1-3H3. The van der Waals surface area contributed by atoms with E-state index in [4.69, 9.17) is 5.26 Å². The molecule has 0 fully saturated rings. The van der Waals surface area contributed by atoms with Gasteiger partial charge in [0, 0.05) is 26.3 Å². The zero-order chi connectivity index (χ0) is 11.5. The molecular weight excluding hydrogens is 188 g/mol. The van der Waals surface area contributed by atoms with E-state index in [2.05, 4.69) is 0 Å². The Kier molecular flexibility index (Phi) is 3.11. The molecule has 0 aliphatic rings. The number of nitriles is 1. The van der Waals surface area contributed by atoms with E-state index in [0.29, 0.717) is 5.56 Å². The number of rotatable bonds is 1. The molecule has 0 atom stereocenters. The first kappa shape index (κ1) is 11.3. The molecule has 0 saturated heterocycles. The maximum Gasteiger partial charge on any atom is 0.182 e. The van der Waals surface area contributed by atoms with Crippen LogP contribution in [0.4, 0.5) is 0 Å². The number of nitrogens with zero attached hydrogens (tertiary/aromatic N) is 2. The van der Waals surface area contributed by atoms with Crippen LogP contribution >= 0.6 is 0 Å². The fourth-order valence-electron chi connectivity index (χ4n) is 0.973. The van der Waals surface area contributed by atoms with E-state index in [1.54, 1.807) is 24.3 Å². The average molecular weight is 202 g/mol. The number of benzene rings is 1. The SMILES string of the molecule is CC(C)(C)[N+]([O-])=Cc1ccc(C#N)cc1. The summed E-state index contributed by atoms with van der Waals surface area (Å²) in [6.07, 6.45) is 1.53. The molecule has 0 saturated carbocycles. The summed E-state index contributed by atoms with van der Waals surface area (Å²) in [5.41, 5.74) is 0.966. The molecule has 0 spiro atoms. The van der Waals surface area contributed by atoms with E-state index in [0.717, 1.165) is 10.3 Å². The van der Waals surface area contributed by atoms with Crippen molar-refractivity contribution in [2.75, 3.05) is 0 Å². The molecule has 1 rings (SSSR count). The Morgan fingerprint density at radius 2 is 1.80 bits per heavy atom. The van der Waals surface area contributed by atoms with Crippen molar-refractivity contribution in [3.63, 3.8) is 0 Å². The summed E-state index contributed by atoms with van der Waals surface area (Å²) in [6.45, 7) is 5.54. The van der Waals surface area contributed by atoms with Crippen LogP contribution in [-0.4, -0.2) is 16.5 Å². The monoisotopic (exact) mass is 202 g/mol. The van der Waals surface area contributed by atoms with Gasteiger partial charge in [0.1, 0.15) is 0 Å². The highest BCUT2D eigenvalue weighted by Gasteiger charge is 2.17. The first-order chi connectivity index (χ1) is 6.93. The van der Waals surface area contributed by atoms with E-state index in [-0.39, 0.29) is 0 Å². The Bertz CT molecular complexity index is 405. The van der Waals surface area contributed by atoms with Crippen LogP contribution in [0.15, 0.2) is 24.3 Å². The van der Waals surface area contributed by atoms with Crippen LogP contribution in [0.1, 0.15) is 31.9 Å². The van der Waals surface area contributed by atoms with Crippen molar-refractivity contribution in [1.29, 1.82) is 5.26 Å². The van der Waals surface area contributed by atoms with Crippen molar-refractivity contribution in [2.24, 2.45) is 0 Å². The van der Waals surface area contributed by atoms with Gasteiger partial charge in [0.25, 0.3) is 0 Å². The molecule has 0 aromatic heterocycles. The molecule has 78 valence electrons. The van der Waals surface area contributed by atoms with Gasteiger partial charge in [0.05, 0.1) is 11.6 Å². The predicted octanol–water partition coefficient (Wildman–Crippen LogP) is 2.29. The van der Waals surface area contributed by atoms with Crippen molar-refractivity contribution < 1.29 is 4.74 Å². The van der Waals surface area contributed by atoms with Gasteiger partial charge < -0.3 is 5.21 Å². The summed E-state index contributed by atoms with van der Waals surface area (Å²) in [6, 6.07) is 8.94. The molecule has 0 bridgehead atoms. The molecule has 0 N–H and O–H groups in total. The first-order valence-electron chi connectivity index (χ1n) is 4.75. The lowest BCUT2D eigenvalue weighted by Crippen LogP contribution is -2.29. The summed E-state index contributed by atoms with van der Waals surface area (Å²) >= 11 is 0. The van der Waals surface area contributed by atoms with Gasteiger partial charge >= 0.3 is 0 Å². The van der Waals surface area contributed by atoms with E-state index < -0.39 is 5.54 Å². The zero-order valence-electron chi connectivity index (χ0n) is 9.19. The van der Waals surface area contributed by atoms with Crippen LogP contribution < -0.4 is 0 Å². The summed E-state index contributed by atoms with van der Waals surface area (Å²) in [5.74, 6) is 0. The van der Waals surface area contributed by atoms with Crippen molar-refractivity contribution in [3.8, 4) is 6.07 Å².